The largest absolute Gasteiger partial charge is 0.469 e. The molecule has 0 radical (unpaired) electrons. The summed E-state index contributed by atoms with van der Waals surface area (Å²) < 4.78 is 12.5. The SMILES string of the molecule is COCC(C)C(C(=O)OC)c1c(C)nc2cc(C(C)(C)C)nn2c1-c1ccc(C)cc1. The van der Waals surface area contributed by atoms with Crippen LogP contribution in [0.2, 0.25) is 0 Å². The molecule has 166 valence electrons. The predicted octanol–water partition coefficient (Wildman–Crippen LogP) is 4.85. The van der Waals surface area contributed by atoms with Gasteiger partial charge in [-0.15, -0.1) is 0 Å². The fourth-order valence-electron chi connectivity index (χ4n) is 3.98. The molecule has 3 aromatic rings. The first kappa shape index (κ1) is 22.9. The van der Waals surface area contributed by atoms with E-state index in [0.717, 1.165) is 33.9 Å². The number of hydrogen-bond acceptors (Lipinski definition) is 5. The van der Waals surface area contributed by atoms with E-state index in [0.29, 0.717) is 6.61 Å². The van der Waals surface area contributed by atoms with Crippen LogP contribution >= 0.6 is 0 Å². The lowest BCUT2D eigenvalue weighted by Gasteiger charge is -2.25. The summed E-state index contributed by atoms with van der Waals surface area (Å²) in [5, 5.41) is 4.93. The third kappa shape index (κ3) is 4.49. The molecule has 0 amide bonds. The van der Waals surface area contributed by atoms with Crippen LogP contribution in [-0.2, 0) is 19.7 Å². The number of hydrogen-bond donors (Lipinski definition) is 0. The van der Waals surface area contributed by atoms with E-state index in [2.05, 4.69) is 52.0 Å². The number of methoxy groups -OCH3 is 2. The molecule has 2 atom stereocenters. The van der Waals surface area contributed by atoms with Crippen molar-refractivity contribution in [1.82, 2.24) is 14.6 Å². The maximum absolute atomic E-state index is 13.0. The van der Waals surface area contributed by atoms with Crippen LogP contribution in [-0.4, -0.2) is 41.4 Å². The molecule has 6 heteroatoms. The molecule has 3 rings (SSSR count). The van der Waals surface area contributed by atoms with E-state index in [1.165, 1.54) is 12.7 Å². The standard InChI is InChI=1S/C25H33N3O3/c1-15-9-11-18(12-10-15)23-22(21(24(29)31-8)16(2)14-30-7)17(3)26-20-13-19(25(4,5)6)27-28(20)23/h9-13,16,21H,14H2,1-8H3. The number of aromatic nitrogens is 3. The molecular weight excluding hydrogens is 390 g/mol. The smallest absolute Gasteiger partial charge is 0.313 e. The second-order valence-corrected chi connectivity index (χ2v) is 9.31. The second kappa shape index (κ2) is 8.79. The Morgan fingerprint density at radius 1 is 1.13 bits per heavy atom. The lowest BCUT2D eigenvalue weighted by atomic mass is 9.84. The van der Waals surface area contributed by atoms with Gasteiger partial charge in [0.2, 0.25) is 0 Å². The van der Waals surface area contributed by atoms with Gasteiger partial charge in [-0.1, -0.05) is 57.5 Å². The minimum absolute atomic E-state index is 0.0998. The van der Waals surface area contributed by atoms with Crippen molar-refractivity contribution in [2.24, 2.45) is 5.92 Å². The zero-order chi connectivity index (χ0) is 22.9. The number of nitrogens with zero attached hydrogens (tertiary/aromatic N) is 3. The van der Waals surface area contributed by atoms with Gasteiger partial charge in [-0.3, -0.25) is 4.79 Å². The van der Waals surface area contributed by atoms with E-state index in [9.17, 15) is 4.79 Å². The molecule has 1 aromatic carbocycles. The summed E-state index contributed by atoms with van der Waals surface area (Å²) in [7, 11) is 3.07. The Kier molecular flexibility index (Phi) is 6.51. The summed E-state index contributed by atoms with van der Waals surface area (Å²) in [6.45, 7) is 12.8. The molecule has 0 saturated heterocycles. The van der Waals surface area contributed by atoms with Gasteiger partial charge < -0.3 is 9.47 Å². The first-order valence-electron chi connectivity index (χ1n) is 10.6. The van der Waals surface area contributed by atoms with Crippen molar-refractivity contribution in [3.05, 3.63) is 52.8 Å². The maximum atomic E-state index is 13.0. The highest BCUT2D eigenvalue weighted by molar-refractivity contribution is 5.83. The van der Waals surface area contributed by atoms with Crippen LogP contribution in [0.3, 0.4) is 0 Å². The number of ether oxygens (including phenoxy) is 2. The van der Waals surface area contributed by atoms with Crippen LogP contribution in [0.25, 0.3) is 16.9 Å². The van der Waals surface area contributed by atoms with E-state index in [-0.39, 0.29) is 17.3 Å². The summed E-state index contributed by atoms with van der Waals surface area (Å²) in [4.78, 5) is 17.8. The van der Waals surface area contributed by atoms with E-state index < -0.39 is 5.92 Å². The van der Waals surface area contributed by atoms with Crippen LogP contribution in [0.4, 0.5) is 0 Å². The first-order chi connectivity index (χ1) is 14.6. The van der Waals surface area contributed by atoms with Crippen molar-refractivity contribution in [1.29, 1.82) is 0 Å². The predicted molar refractivity (Wildman–Crippen MR) is 122 cm³/mol. The van der Waals surface area contributed by atoms with E-state index >= 15 is 0 Å². The molecular formula is C25H33N3O3. The second-order valence-electron chi connectivity index (χ2n) is 9.31. The van der Waals surface area contributed by atoms with Gasteiger partial charge in [0.15, 0.2) is 5.65 Å². The van der Waals surface area contributed by atoms with Crippen molar-refractivity contribution in [2.75, 3.05) is 20.8 Å². The summed E-state index contributed by atoms with van der Waals surface area (Å²) in [6.07, 6.45) is 0. The maximum Gasteiger partial charge on any atom is 0.313 e. The van der Waals surface area contributed by atoms with E-state index in [1.807, 2.05) is 24.4 Å². The third-order valence-electron chi connectivity index (χ3n) is 5.69. The highest BCUT2D eigenvalue weighted by Gasteiger charge is 2.34. The fourth-order valence-corrected chi connectivity index (χ4v) is 3.98. The molecule has 0 aliphatic carbocycles. The van der Waals surface area contributed by atoms with Crippen LogP contribution in [0.5, 0.6) is 0 Å². The van der Waals surface area contributed by atoms with Gasteiger partial charge in [-0.05, 0) is 19.8 Å². The van der Waals surface area contributed by atoms with Crippen molar-refractivity contribution in [3.63, 3.8) is 0 Å². The van der Waals surface area contributed by atoms with E-state index in [4.69, 9.17) is 19.6 Å². The fraction of sp³-hybridized carbons (Fsp3) is 0.480. The van der Waals surface area contributed by atoms with E-state index in [1.54, 1.807) is 7.11 Å². The van der Waals surface area contributed by atoms with Gasteiger partial charge in [-0.2, -0.15) is 5.10 Å². The summed E-state index contributed by atoms with van der Waals surface area (Å²) in [5.41, 5.74) is 6.24. The van der Waals surface area contributed by atoms with Crippen molar-refractivity contribution >= 4 is 11.6 Å². The molecule has 6 nitrogen and oxygen atoms in total. The number of esters is 1. The third-order valence-corrected chi connectivity index (χ3v) is 5.69. The Bertz CT molecular complexity index is 1080. The number of rotatable bonds is 6. The monoisotopic (exact) mass is 423 g/mol. The van der Waals surface area contributed by atoms with Gasteiger partial charge >= 0.3 is 5.97 Å². The Hall–Kier alpha value is -2.73. The first-order valence-corrected chi connectivity index (χ1v) is 10.6. The van der Waals surface area contributed by atoms with Gasteiger partial charge in [0, 0.05) is 42.0 Å². The normalized spacial score (nSPS) is 13.9. The van der Waals surface area contributed by atoms with Crippen LogP contribution in [0, 0.1) is 19.8 Å². The number of carbonyl (C=O) groups is 1. The summed E-state index contributed by atoms with van der Waals surface area (Å²) in [6, 6.07) is 10.3. The summed E-state index contributed by atoms with van der Waals surface area (Å²) >= 11 is 0. The number of benzene rings is 1. The van der Waals surface area contributed by atoms with Crippen molar-refractivity contribution < 1.29 is 14.3 Å². The topological polar surface area (TPSA) is 65.7 Å². The lowest BCUT2D eigenvalue weighted by molar-refractivity contribution is -0.144. The van der Waals surface area contributed by atoms with Crippen LogP contribution in [0.1, 0.15) is 56.1 Å². The van der Waals surface area contributed by atoms with Crippen molar-refractivity contribution in [2.45, 2.75) is 52.9 Å². The number of aryl methyl sites for hydroxylation is 2. The molecule has 0 aliphatic rings. The Labute approximate surface area is 184 Å². The average Bonchev–Trinajstić information content (AvgIpc) is 3.13. The number of carbonyl (C=O) groups excluding carboxylic acids is 1. The highest BCUT2D eigenvalue weighted by Crippen LogP contribution is 2.37. The van der Waals surface area contributed by atoms with Gasteiger partial charge in [0.05, 0.1) is 24.4 Å². The van der Waals surface area contributed by atoms with Gasteiger partial charge in [0.25, 0.3) is 0 Å². The summed E-state index contributed by atoms with van der Waals surface area (Å²) in [5.74, 6) is -0.928. The molecule has 0 bridgehead atoms. The molecule has 2 heterocycles. The van der Waals surface area contributed by atoms with Gasteiger partial charge in [0.1, 0.15) is 0 Å². The molecule has 2 aromatic heterocycles. The quantitative estimate of drug-likeness (QED) is 0.530. The Morgan fingerprint density at radius 2 is 1.77 bits per heavy atom. The molecule has 2 unspecified atom stereocenters. The molecule has 0 fully saturated rings. The Balaban J connectivity index is 2.41. The molecule has 0 spiro atoms. The molecule has 31 heavy (non-hydrogen) atoms. The number of fused-ring (bicyclic) bond motifs is 1. The van der Waals surface area contributed by atoms with Crippen LogP contribution in [0.15, 0.2) is 30.3 Å². The minimum Gasteiger partial charge on any atom is -0.469 e. The Morgan fingerprint density at radius 3 is 2.32 bits per heavy atom. The zero-order valence-corrected chi connectivity index (χ0v) is 19.8. The lowest BCUT2D eigenvalue weighted by Crippen LogP contribution is -2.27. The highest BCUT2D eigenvalue weighted by atomic mass is 16.5. The molecule has 0 N–H and O–H groups in total. The molecule has 0 aliphatic heterocycles. The minimum atomic E-state index is -0.527. The average molecular weight is 424 g/mol. The molecule has 0 saturated carbocycles. The van der Waals surface area contributed by atoms with Crippen LogP contribution < -0.4 is 0 Å². The van der Waals surface area contributed by atoms with Crippen molar-refractivity contribution in [3.8, 4) is 11.3 Å². The van der Waals surface area contributed by atoms with Gasteiger partial charge in [-0.25, -0.2) is 9.50 Å². The zero-order valence-electron chi connectivity index (χ0n) is 19.8.